The van der Waals surface area contributed by atoms with Crippen LogP contribution in [0.15, 0.2) is 48.8 Å². The fourth-order valence-corrected chi connectivity index (χ4v) is 3.05. The highest BCUT2D eigenvalue weighted by molar-refractivity contribution is 6.04. The molecule has 3 aromatic rings. The number of amides is 1. The standard InChI is InChI=1S/C21H21FN6O2/c1-14-10-19(27-21(24-14)28-6-8-30-9-7-28)25-17-2-4-18(5-3-17)26-20(29)15-11-16(22)13-23-12-15/h2-5,10-13H,6-9H2,1H3,(H,26,29)(H,24,25,27). The molecule has 1 aliphatic rings. The molecular weight excluding hydrogens is 387 g/mol. The molecule has 9 heteroatoms. The van der Waals surface area contributed by atoms with Gasteiger partial charge in [-0.2, -0.15) is 4.98 Å². The van der Waals surface area contributed by atoms with E-state index in [2.05, 4.69) is 30.5 Å². The zero-order chi connectivity index (χ0) is 20.9. The summed E-state index contributed by atoms with van der Waals surface area (Å²) in [6.07, 6.45) is 2.37. The van der Waals surface area contributed by atoms with Crippen LogP contribution >= 0.6 is 0 Å². The third-order valence-corrected chi connectivity index (χ3v) is 4.52. The lowest BCUT2D eigenvalue weighted by Crippen LogP contribution is -2.37. The average molecular weight is 408 g/mol. The van der Waals surface area contributed by atoms with E-state index in [4.69, 9.17) is 4.74 Å². The molecule has 4 rings (SSSR count). The van der Waals surface area contributed by atoms with Crippen molar-refractivity contribution in [2.75, 3.05) is 41.8 Å². The van der Waals surface area contributed by atoms with Gasteiger partial charge >= 0.3 is 0 Å². The predicted molar refractivity (Wildman–Crippen MR) is 112 cm³/mol. The number of rotatable bonds is 5. The minimum atomic E-state index is -0.557. The van der Waals surface area contributed by atoms with Crippen molar-refractivity contribution >= 4 is 29.0 Å². The first kappa shape index (κ1) is 19.7. The molecule has 0 saturated carbocycles. The SMILES string of the molecule is Cc1cc(Nc2ccc(NC(=O)c3cncc(F)c3)cc2)nc(N2CCOCC2)n1. The lowest BCUT2D eigenvalue weighted by atomic mass is 10.2. The van der Waals surface area contributed by atoms with Crippen LogP contribution in [-0.2, 0) is 4.74 Å². The van der Waals surface area contributed by atoms with Crippen LogP contribution < -0.4 is 15.5 Å². The van der Waals surface area contributed by atoms with Gasteiger partial charge in [0, 0.05) is 42.4 Å². The summed E-state index contributed by atoms with van der Waals surface area (Å²) in [6, 6.07) is 10.2. The second-order valence-electron chi connectivity index (χ2n) is 6.84. The number of hydrogen-bond donors (Lipinski definition) is 2. The van der Waals surface area contributed by atoms with Crippen LogP contribution in [0.4, 0.5) is 27.5 Å². The van der Waals surface area contributed by atoms with Gasteiger partial charge < -0.3 is 20.3 Å². The molecular formula is C21H21FN6O2. The Labute approximate surface area is 173 Å². The number of carbonyl (C=O) groups is 1. The van der Waals surface area contributed by atoms with Crippen molar-refractivity contribution < 1.29 is 13.9 Å². The lowest BCUT2D eigenvalue weighted by molar-refractivity contribution is 0.102. The summed E-state index contributed by atoms with van der Waals surface area (Å²) in [5, 5.41) is 5.98. The number of anilines is 4. The number of aromatic nitrogens is 3. The van der Waals surface area contributed by atoms with Gasteiger partial charge in [-0.05, 0) is 37.3 Å². The molecule has 1 amide bonds. The molecule has 154 valence electrons. The number of pyridine rings is 1. The first-order valence-corrected chi connectivity index (χ1v) is 9.54. The van der Waals surface area contributed by atoms with E-state index in [1.165, 1.54) is 6.20 Å². The van der Waals surface area contributed by atoms with E-state index in [9.17, 15) is 9.18 Å². The third-order valence-electron chi connectivity index (χ3n) is 4.52. The van der Waals surface area contributed by atoms with E-state index in [0.29, 0.717) is 30.7 Å². The van der Waals surface area contributed by atoms with Gasteiger partial charge in [0.25, 0.3) is 5.91 Å². The van der Waals surface area contributed by atoms with E-state index in [1.54, 1.807) is 12.1 Å². The second-order valence-corrected chi connectivity index (χ2v) is 6.84. The maximum Gasteiger partial charge on any atom is 0.257 e. The number of morpholine rings is 1. The van der Waals surface area contributed by atoms with Gasteiger partial charge in [0.2, 0.25) is 5.95 Å². The molecule has 1 saturated heterocycles. The van der Waals surface area contributed by atoms with Crippen molar-refractivity contribution in [3.63, 3.8) is 0 Å². The van der Waals surface area contributed by atoms with Gasteiger partial charge in [0.05, 0.1) is 25.0 Å². The minimum Gasteiger partial charge on any atom is -0.378 e. The number of benzene rings is 1. The van der Waals surface area contributed by atoms with Crippen molar-refractivity contribution in [3.05, 3.63) is 65.9 Å². The summed E-state index contributed by atoms with van der Waals surface area (Å²) in [6.45, 7) is 4.78. The number of halogens is 1. The topological polar surface area (TPSA) is 92.3 Å². The molecule has 1 aromatic carbocycles. The maximum absolute atomic E-state index is 13.2. The van der Waals surface area contributed by atoms with Crippen LogP contribution in [0.1, 0.15) is 16.1 Å². The van der Waals surface area contributed by atoms with Crippen LogP contribution in [0.5, 0.6) is 0 Å². The van der Waals surface area contributed by atoms with E-state index >= 15 is 0 Å². The van der Waals surface area contributed by atoms with Crippen molar-refractivity contribution in [2.24, 2.45) is 0 Å². The van der Waals surface area contributed by atoms with Gasteiger partial charge in [0.1, 0.15) is 11.6 Å². The third kappa shape index (κ3) is 4.87. The van der Waals surface area contributed by atoms with Crippen molar-refractivity contribution in [1.82, 2.24) is 15.0 Å². The molecule has 0 spiro atoms. The highest BCUT2D eigenvalue weighted by Gasteiger charge is 2.15. The fourth-order valence-electron chi connectivity index (χ4n) is 3.05. The Bertz CT molecular complexity index is 1040. The number of ether oxygens (including phenoxy) is 1. The number of carbonyl (C=O) groups excluding carboxylic acids is 1. The monoisotopic (exact) mass is 408 g/mol. The second kappa shape index (κ2) is 8.83. The van der Waals surface area contributed by atoms with Gasteiger partial charge in [-0.3, -0.25) is 9.78 Å². The Morgan fingerprint density at radius 3 is 2.53 bits per heavy atom. The molecule has 3 heterocycles. The van der Waals surface area contributed by atoms with Crippen molar-refractivity contribution in [2.45, 2.75) is 6.92 Å². The van der Waals surface area contributed by atoms with Crippen LogP contribution in [0.2, 0.25) is 0 Å². The molecule has 1 fully saturated rings. The summed E-state index contributed by atoms with van der Waals surface area (Å²) >= 11 is 0. The van der Waals surface area contributed by atoms with Crippen LogP contribution in [-0.4, -0.2) is 47.2 Å². The molecule has 0 bridgehead atoms. The highest BCUT2D eigenvalue weighted by Crippen LogP contribution is 2.21. The molecule has 2 aromatic heterocycles. The number of nitrogens with zero attached hydrogens (tertiary/aromatic N) is 4. The molecule has 0 aliphatic carbocycles. The van der Waals surface area contributed by atoms with Crippen LogP contribution in [0.3, 0.4) is 0 Å². The molecule has 0 radical (unpaired) electrons. The van der Waals surface area contributed by atoms with E-state index < -0.39 is 11.7 Å². The Hall–Kier alpha value is -3.59. The maximum atomic E-state index is 13.2. The zero-order valence-electron chi connectivity index (χ0n) is 16.4. The summed E-state index contributed by atoms with van der Waals surface area (Å²) < 4.78 is 18.6. The molecule has 30 heavy (non-hydrogen) atoms. The number of aryl methyl sites for hydroxylation is 1. The first-order valence-electron chi connectivity index (χ1n) is 9.54. The van der Waals surface area contributed by atoms with E-state index in [1.807, 2.05) is 25.1 Å². The predicted octanol–water partition coefficient (Wildman–Crippen LogP) is 3.15. The van der Waals surface area contributed by atoms with Crippen LogP contribution in [0.25, 0.3) is 0 Å². The summed E-state index contributed by atoms with van der Waals surface area (Å²) in [7, 11) is 0. The Morgan fingerprint density at radius 1 is 1.07 bits per heavy atom. The molecule has 8 nitrogen and oxygen atoms in total. The van der Waals surface area contributed by atoms with Gasteiger partial charge in [-0.25, -0.2) is 9.37 Å². The normalized spacial score (nSPS) is 13.7. The van der Waals surface area contributed by atoms with Crippen molar-refractivity contribution in [1.29, 1.82) is 0 Å². The largest absolute Gasteiger partial charge is 0.378 e. The van der Waals surface area contributed by atoms with Gasteiger partial charge in [-0.15, -0.1) is 0 Å². The van der Waals surface area contributed by atoms with Gasteiger partial charge in [0.15, 0.2) is 0 Å². The molecule has 2 N–H and O–H groups in total. The molecule has 0 atom stereocenters. The number of hydrogen-bond acceptors (Lipinski definition) is 7. The Kier molecular flexibility index (Phi) is 5.80. The highest BCUT2D eigenvalue weighted by atomic mass is 19.1. The molecule has 0 unspecified atom stereocenters. The number of nitrogens with one attached hydrogen (secondary N) is 2. The summed E-state index contributed by atoms with van der Waals surface area (Å²) in [4.78, 5) is 27.1. The van der Waals surface area contributed by atoms with E-state index in [-0.39, 0.29) is 5.56 Å². The zero-order valence-corrected chi connectivity index (χ0v) is 16.4. The summed E-state index contributed by atoms with van der Waals surface area (Å²) in [5.41, 5.74) is 2.42. The van der Waals surface area contributed by atoms with Crippen molar-refractivity contribution in [3.8, 4) is 0 Å². The summed E-state index contributed by atoms with van der Waals surface area (Å²) in [5.74, 6) is 0.378. The van der Waals surface area contributed by atoms with Gasteiger partial charge in [-0.1, -0.05) is 0 Å². The quantitative estimate of drug-likeness (QED) is 0.670. The Balaban J connectivity index is 1.43. The fraction of sp³-hybridized carbons (Fsp3) is 0.238. The van der Waals surface area contributed by atoms with Crippen LogP contribution in [0, 0.1) is 12.7 Å². The average Bonchev–Trinajstić information content (AvgIpc) is 2.75. The minimum absolute atomic E-state index is 0.157. The smallest absolute Gasteiger partial charge is 0.257 e. The Morgan fingerprint density at radius 2 is 1.80 bits per heavy atom. The first-order chi connectivity index (χ1) is 14.6. The lowest BCUT2D eigenvalue weighted by Gasteiger charge is -2.27. The molecule has 1 aliphatic heterocycles. The van der Waals surface area contributed by atoms with E-state index in [0.717, 1.165) is 36.7 Å².